The predicted octanol–water partition coefficient (Wildman–Crippen LogP) is 4.50. The van der Waals surface area contributed by atoms with Crippen molar-refractivity contribution in [1.29, 1.82) is 0 Å². The highest BCUT2D eigenvalue weighted by atomic mass is 16.5. The maximum Gasteiger partial charge on any atom is 0.330 e. The molecule has 0 spiro atoms. The highest BCUT2D eigenvalue weighted by molar-refractivity contribution is 5.95. The van der Waals surface area contributed by atoms with Crippen molar-refractivity contribution in [3.05, 3.63) is 42.0 Å². The summed E-state index contributed by atoms with van der Waals surface area (Å²) in [7, 11) is 0. The van der Waals surface area contributed by atoms with Crippen molar-refractivity contribution < 1.29 is 19.1 Å². The fraction of sp³-hybridized carbons (Fsp3) is 0.474. The molecule has 0 heterocycles. The number of aryl methyl sites for hydroxylation is 1. The van der Waals surface area contributed by atoms with E-state index in [9.17, 15) is 9.59 Å². The van der Waals surface area contributed by atoms with Gasteiger partial charge in [-0.3, -0.25) is 4.79 Å². The van der Waals surface area contributed by atoms with Crippen molar-refractivity contribution in [3.8, 4) is 5.75 Å². The van der Waals surface area contributed by atoms with Gasteiger partial charge in [-0.15, -0.1) is 0 Å². The standard InChI is InChI=1S/C18H24O4.CH4/c1-4-18(20)22-12-8-6-5-7-11-21-16-9-10-17(15(3)19)14(2)13-16;/h4,9-10,13H,1,5-8,11-12H2,2-3H3;1H4. The van der Waals surface area contributed by atoms with Gasteiger partial charge in [0.2, 0.25) is 0 Å². The number of unbranched alkanes of at least 4 members (excludes halogenated alkanes) is 3. The summed E-state index contributed by atoms with van der Waals surface area (Å²) in [5.41, 5.74) is 1.68. The van der Waals surface area contributed by atoms with E-state index in [1.807, 2.05) is 19.1 Å². The molecule has 1 rings (SSSR count). The zero-order valence-corrected chi connectivity index (χ0v) is 13.4. The van der Waals surface area contributed by atoms with Crippen LogP contribution in [0.2, 0.25) is 0 Å². The van der Waals surface area contributed by atoms with E-state index in [2.05, 4.69) is 6.58 Å². The Kier molecular flexibility index (Phi) is 10.4. The zero-order valence-electron chi connectivity index (χ0n) is 13.4. The number of ether oxygens (including phenoxy) is 2. The maximum absolute atomic E-state index is 11.3. The molecule has 0 aliphatic carbocycles. The fourth-order valence-corrected chi connectivity index (χ4v) is 2.10. The van der Waals surface area contributed by atoms with Gasteiger partial charge in [0.25, 0.3) is 0 Å². The van der Waals surface area contributed by atoms with Crippen LogP contribution in [0.1, 0.15) is 56.0 Å². The highest BCUT2D eigenvalue weighted by Crippen LogP contribution is 2.18. The van der Waals surface area contributed by atoms with Crippen LogP contribution in [0.3, 0.4) is 0 Å². The van der Waals surface area contributed by atoms with Crippen molar-refractivity contribution in [2.24, 2.45) is 0 Å². The van der Waals surface area contributed by atoms with Crippen LogP contribution in [0.4, 0.5) is 0 Å². The van der Waals surface area contributed by atoms with E-state index in [0.717, 1.165) is 42.6 Å². The van der Waals surface area contributed by atoms with Crippen molar-refractivity contribution >= 4 is 11.8 Å². The molecular weight excluding hydrogens is 292 g/mol. The van der Waals surface area contributed by atoms with Gasteiger partial charge in [-0.05, 0) is 63.3 Å². The lowest BCUT2D eigenvalue weighted by Crippen LogP contribution is -2.02. The third-order valence-corrected chi connectivity index (χ3v) is 3.30. The van der Waals surface area contributed by atoms with Crippen LogP contribution in [0.25, 0.3) is 0 Å². The molecular formula is C19H28O4. The van der Waals surface area contributed by atoms with Crippen LogP contribution >= 0.6 is 0 Å². The molecule has 4 nitrogen and oxygen atoms in total. The molecule has 0 aliphatic heterocycles. The first-order valence-electron chi connectivity index (χ1n) is 7.58. The summed E-state index contributed by atoms with van der Waals surface area (Å²) < 4.78 is 10.6. The second kappa shape index (κ2) is 11.5. The molecule has 0 saturated heterocycles. The molecule has 0 unspecified atom stereocenters. The molecule has 0 saturated carbocycles. The summed E-state index contributed by atoms with van der Waals surface area (Å²) in [6.07, 6.45) is 4.99. The van der Waals surface area contributed by atoms with Crippen LogP contribution in [-0.4, -0.2) is 25.0 Å². The maximum atomic E-state index is 11.3. The Hall–Kier alpha value is -2.10. The van der Waals surface area contributed by atoms with E-state index in [1.54, 1.807) is 13.0 Å². The second-order valence-corrected chi connectivity index (χ2v) is 5.17. The summed E-state index contributed by atoms with van der Waals surface area (Å²) in [4.78, 5) is 22.2. The largest absolute Gasteiger partial charge is 0.494 e. The van der Waals surface area contributed by atoms with Gasteiger partial charge in [-0.1, -0.05) is 14.0 Å². The SMILES string of the molecule is C.C=CC(=O)OCCCCCCOc1ccc(C(C)=O)c(C)c1. The normalized spacial score (nSPS) is 9.65. The Morgan fingerprint density at radius 3 is 2.35 bits per heavy atom. The topological polar surface area (TPSA) is 52.6 Å². The van der Waals surface area contributed by atoms with E-state index in [0.29, 0.717) is 13.2 Å². The van der Waals surface area contributed by atoms with Crippen LogP contribution < -0.4 is 4.74 Å². The molecule has 0 amide bonds. The molecule has 0 aromatic heterocycles. The fourth-order valence-electron chi connectivity index (χ4n) is 2.10. The number of benzene rings is 1. The van der Waals surface area contributed by atoms with Gasteiger partial charge in [0.05, 0.1) is 13.2 Å². The monoisotopic (exact) mass is 320 g/mol. The summed E-state index contributed by atoms with van der Waals surface area (Å²) >= 11 is 0. The molecule has 0 N–H and O–H groups in total. The van der Waals surface area contributed by atoms with Crippen molar-refractivity contribution in [3.63, 3.8) is 0 Å². The van der Waals surface area contributed by atoms with Gasteiger partial charge >= 0.3 is 5.97 Å². The van der Waals surface area contributed by atoms with E-state index >= 15 is 0 Å². The predicted molar refractivity (Wildman–Crippen MR) is 93.0 cm³/mol. The Labute approximate surface area is 139 Å². The van der Waals surface area contributed by atoms with Crippen LogP contribution in [0.15, 0.2) is 30.9 Å². The van der Waals surface area contributed by atoms with E-state index in [-0.39, 0.29) is 19.2 Å². The molecule has 23 heavy (non-hydrogen) atoms. The molecule has 0 radical (unpaired) electrons. The number of hydrogen-bond acceptors (Lipinski definition) is 4. The molecule has 128 valence electrons. The van der Waals surface area contributed by atoms with E-state index in [1.165, 1.54) is 6.08 Å². The third-order valence-electron chi connectivity index (χ3n) is 3.30. The molecule has 0 bridgehead atoms. The minimum Gasteiger partial charge on any atom is -0.494 e. The van der Waals surface area contributed by atoms with Crippen molar-refractivity contribution in [2.45, 2.75) is 47.0 Å². The number of carbonyl (C=O) groups excluding carboxylic acids is 2. The average molecular weight is 320 g/mol. The van der Waals surface area contributed by atoms with Crippen LogP contribution in [0.5, 0.6) is 5.75 Å². The van der Waals surface area contributed by atoms with Gasteiger partial charge in [0, 0.05) is 11.6 Å². The molecule has 0 atom stereocenters. The lowest BCUT2D eigenvalue weighted by molar-refractivity contribution is -0.137. The molecule has 1 aromatic carbocycles. The van der Waals surface area contributed by atoms with Gasteiger partial charge in [0.15, 0.2) is 5.78 Å². The zero-order chi connectivity index (χ0) is 16.4. The number of hydrogen-bond donors (Lipinski definition) is 0. The highest BCUT2D eigenvalue weighted by Gasteiger charge is 2.04. The molecule has 4 heteroatoms. The molecule has 0 aliphatic rings. The van der Waals surface area contributed by atoms with Gasteiger partial charge in [-0.2, -0.15) is 0 Å². The number of ketones is 1. The number of carbonyl (C=O) groups is 2. The van der Waals surface area contributed by atoms with Gasteiger partial charge in [0.1, 0.15) is 5.75 Å². The molecule has 1 aromatic rings. The molecule has 0 fully saturated rings. The van der Waals surface area contributed by atoms with Crippen LogP contribution in [-0.2, 0) is 9.53 Å². The summed E-state index contributed by atoms with van der Waals surface area (Å²) in [5.74, 6) is 0.497. The Morgan fingerprint density at radius 2 is 1.78 bits per heavy atom. The van der Waals surface area contributed by atoms with Crippen LogP contribution in [0, 0.1) is 6.92 Å². The lowest BCUT2D eigenvalue weighted by Gasteiger charge is -2.09. The Bertz CT molecular complexity index is 520. The average Bonchev–Trinajstić information content (AvgIpc) is 2.49. The smallest absolute Gasteiger partial charge is 0.330 e. The third kappa shape index (κ3) is 8.19. The lowest BCUT2D eigenvalue weighted by atomic mass is 10.1. The Balaban J connectivity index is 0.00000484. The summed E-state index contributed by atoms with van der Waals surface area (Å²) in [6.45, 7) is 7.90. The number of esters is 1. The first kappa shape index (κ1) is 20.9. The minimum atomic E-state index is -0.368. The summed E-state index contributed by atoms with van der Waals surface area (Å²) in [5, 5.41) is 0. The Morgan fingerprint density at radius 1 is 1.13 bits per heavy atom. The first-order valence-corrected chi connectivity index (χ1v) is 7.58. The summed E-state index contributed by atoms with van der Waals surface area (Å²) in [6, 6.07) is 5.53. The first-order chi connectivity index (χ1) is 10.5. The van der Waals surface area contributed by atoms with Crippen molar-refractivity contribution in [1.82, 2.24) is 0 Å². The minimum absolute atomic E-state index is 0. The van der Waals surface area contributed by atoms with E-state index < -0.39 is 0 Å². The van der Waals surface area contributed by atoms with Gasteiger partial charge < -0.3 is 9.47 Å². The van der Waals surface area contributed by atoms with E-state index in [4.69, 9.17) is 9.47 Å². The van der Waals surface area contributed by atoms with Gasteiger partial charge in [-0.25, -0.2) is 4.79 Å². The second-order valence-electron chi connectivity index (χ2n) is 5.17. The quantitative estimate of drug-likeness (QED) is 0.276. The number of Topliss-reactive ketones (excluding diaryl/α,β-unsaturated/α-hetero) is 1. The number of rotatable bonds is 10. The van der Waals surface area contributed by atoms with Crippen molar-refractivity contribution in [2.75, 3.05) is 13.2 Å².